The molecule has 1 aromatic rings. The maximum atomic E-state index is 12.0. The van der Waals surface area contributed by atoms with Gasteiger partial charge in [0.25, 0.3) is 5.69 Å². The molecule has 114 valence electrons. The SMILES string of the molecule is COc1ccc([N+](=O)[O-])cc1NC(=O)NC1CCCCC1. The standard InChI is InChI=1S/C14H19N3O4/c1-21-13-8-7-11(17(19)20)9-12(13)16-14(18)15-10-5-3-2-4-6-10/h7-10H,2-6H2,1H3,(H2,15,16,18). The van der Waals surface area contributed by atoms with Crippen molar-refractivity contribution >= 4 is 17.4 Å². The Hall–Kier alpha value is -2.31. The van der Waals surface area contributed by atoms with Gasteiger partial charge in [0.15, 0.2) is 0 Å². The lowest BCUT2D eigenvalue weighted by molar-refractivity contribution is -0.384. The van der Waals surface area contributed by atoms with E-state index < -0.39 is 4.92 Å². The van der Waals surface area contributed by atoms with Crippen molar-refractivity contribution in [3.8, 4) is 5.75 Å². The second-order valence-corrected chi connectivity index (χ2v) is 5.08. The number of urea groups is 1. The first kappa shape index (κ1) is 15.1. The number of ether oxygens (including phenoxy) is 1. The third-order valence-electron chi connectivity index (χ3n) is 3.58. The van der Waals surface area contributed by atoms with E-state index in [4.69, 9.17) is 4.74 Å². The van der Waals surface area contributed by atoms with Crippen molar-refractivity contribution < 1.29 is 14.5 Å². The second-order valence-electron chi connectivity index (χ2n) is 5.08. The maximum absolute atomic E-state index is 12.0. The molecule has 0 heterocycles. The zero-order chi connectivity index (χ0) is 15.2. The van der Waals surface area contributed by atoms with Crippen LogP contribution >= 0.6 is 0 Å². The van der Waals surface area contributed by atoms with Gasteiger partial charge in [-0.25, -0.2) is 4.79 Å². The Kier molecular flexibility index (Phi) is 4.97. The third kappa shape index (κ3) is 4.08. The summed E-state index contributed by atoms with van der Waals surface area (Å²) in [5.41, 5.74) is 0.198. The fourth-order valence-electron chi connectivity index (χ4n) is 2.50. The van der Waals surface area contributed by atoms with E-state index in [2.05, 4.69) is 10.6 Å². The summed E-state index contributed by atoms with van der Waals surface area (Å²) in [6.45, 7) is 0. The topological polar surface area (TPSA) is 93.5 Å². The highest BCUT2D eigenvalue weighted by atomic mass is 16.6. The van der Waals surface area contributed by atoms with E-state index >= 15 is 0 Å². The molecule has 21 heavy (non-hydrogen) atoms. The number of non-ortho nitro benzene ring substituents is 1. The first-order chi connectivity index (χ1) is 10.1. The number of nitrogens with one attached hydrogen (secondary N) is 2. The van der Waals surface area contributed by atoms with Crippen molar-refractivity contribution in [2.45, 2.75) is 38.1 Å². The molecular formula is C14H19N3O4. The van der Waals surface area contributed by atoms with Crippen LogP contribution in [0.5, 0.6) is 5.75 Å². The highest BCUT2D eigenvalue weighted by Gasteiger charge is 2.18. The van der Waals surface area contributed by atoms with Crippen LogP contribution in [0.2, 0.25) is 0 Å². The molecule has 1 aromatic carbocycles. The summed E-state index contributed by atoms with van der Waals surface area (Å²) in [5.74, 6) is 0.388. The molecule has 0 bridgehead atoms. The molecule has 2 N–H and O–H groups in total. The Morgan fingerprint density at radius 1 is 1.33 bits per heavy atom. The Bertz CT molecular complexity index is 527. The molecule has 0 aliphatic heterocycles. The number of carbonyl (C=O) groups is 1. The molecule has 1 aliphatic rings. The van der Waals surface area contributed by atoms with Crippen LogP contribution in [0.3, 0.4) is 0 Å². The third-order valence-corrected chi connectivity index (χ3v) is 3.58. The number of nitro groups is 1. The lowest BCUT2D eigenvalue weighted by Crippen LogP contribution is -2.39. The van der Waals surface area contributed by atoms with Gasteiger partial charge in [-0.3, -0.25) is 10.1 Å². The van der Waals surface area contributed by atoms with Gasteiger partial charge in [0.05, 0.1) is 17.7 Å². The largest absolute Gasteiger partial charge is 0.495 e. The smallest absolute Gasteiger partial charge is 0.319 e. The summed E-state index contributed by atoms with van der Waals surface area (Å²) in [6, 6.07) is 3.90. The van der Waals surface area contributed by atoms with E-state index in [1.165, 1.54) is 31.7 Å². The summed E-state index contributed by atoms with van der Waals surface area (Å²) in [7, 11) is 1.45. The fourth-order valence-corrected chi connectivity index (χ4v) is 2.50. The molecular weight excluding hydrogens is 274 g/mol. The van der Waals surface area contributed by atoms with Crippen LogP contribution in [0, 0.1) is 10.1 Å². The van der Waals surface area contributed by atoms with Crippen molar-refractivity contribution in [1.29, 1.82) is 0 Å². The number of hydrogen-bond acceptors (Lipinski definition) is 4. The van der Waals surface area contributed by atoms with Crippen LogP contribution in [0.25, 0.3) is 0 Å². The molecule has 0 atom stereocenters. The van der Waals surface area contributed by atoms with Crippen LogP contribution in [-0.4, -0.2) is 24.1 Å². The number of nitro benzene ring substituents is 1. The van der Waals surface area contributed by atoms with Gasteiger partial charge in [0.1, 0.15) is 5.75 Å². The quantitative estimate of drug-likeness (QED) is 0.659. The van der Waals surface area contributed by atoms with Crippen molar-refractivity contribution in [2.24, 2.45) is 0 Å². The number of carbonyl (C=O) groups excluding carboxylic acids is 1. The van der Waals surface area contributed by atoms with Crippen LogP contribution in [-0.2, 0) is 0 Å². The average molecular weight is 293 g/mol. The maximum Gasteiger partial charge on any atom is 0.319 e. The van der Waals surface area contributed by atoms with Gasteiger partial charge in [-0.15, -0.1) is 0 Å². The van der Waals surface area contributed by atoms with E-state index in [0.29, 0.717) is 11.4 Å². The predicted octanol–water partition coefficient (Wildman–Crippen LogP) is 3.06. The minimum Gasteiger partial charge on any atom is -0.495 e. The van der Waals surface area contributed by atoms with Gasteiger partial charge in [-0.2, -0.15) is 0 Å². The highest BCUT2D eigenvalue weighted by Crippen LogP contribution is 2.28. The zero-order valence-electron chi connectivity index (χ0n) is 11.9. The van der Waals surface area contributed by atoms with E-state index in [0.717, 1.165) is 25.7 Å². The molecule has 0 unspecified atom stereocenters. The van der Waals surface area contributed by atoms with Crippen LogP contribution < -0.4 is 15.4 Å². The summed E-state index contributed by atoms with van der Waals surface area (Å²) in [4.78, 5) is 22.3. The number of nitrogens with zero attached hydrogens (tertiary/aromatic N) is 1. The predicted molar refractivity (Wildman–Crippen MR) is 78.7 cm³/mol. The second kappa shape index (κ2) is 6.92. The van der Waals surface area contributed by atoms with E-state index in [-0.39, 0.29) is 17.8 Å². The van der Waals surface area contributed by atoms with E-state index in [9.17, 15) is 14.9 Å². The van der Waals surface area contributed by atoms with Crippen molar-refractivity contribution in [2.75, 3.05) is 12.4 Å². The normalized spacial score (nSPS) is 15.3. The molecule has 0 spiro atoms. The Balaban J connectivity index is 2.04. The minimum absolute atomic E-state index is 0.0937. The molecule has 2 rings (SSSR count). The lowest BCUT2D eigenvalue weighted by Gasteiger charge is -2.23. The molecule has 7 nitrogen and oxygen atoms in total. The molecule has 1 fully saturated rings. The van der Waals surface area contributed by atoms with Crippen LogP contribution in [0.15, 0.2) is 18.2 Å². The van der Waals surface area contributed by atoms with E-state index in [1.807, 2.05) is 0 Å². The Morgan fingerprint density at radius 2 is 2.05 bits per heavy atom. The molecule has 2 amide bonds. The van der Waals surface area contributed by atoms with Gasteiger partial charge < -0.3 is 15.4 Å². The zero-order valence-corrected chi connectivity index (χ0v) is 11.9. The summed E-state index contributed by atoms with van der Waals surface area (Å²) in [6.07, 6.45) is 5.38. The van der Waals surface area contributed by atoms with Gasteiger partial charge in [-0.1, -0.05) is 19.3 Å². The number of hydrogen-bond donors (Lipinski definition) is 2. The number of amides is 2. The first-order valence-corrected chi connectivity index (χ1v) is 7.00. The van der Waals surface area contributed by atoms with Gasteiger partial charge in [-0.05, 0) is 18.9 Å². The number of anilines is 1. The molecule has 0 saturated heterocycles. The molecule has 7 heteroatoms. The van der Waals surface area contributed by atoms with Crippen LogP contribution in [0.1, 0.15) is 32.1 Å². The van der Waals surface area contributed by atoms with Crippen molar-refractivity contribution in [1.82, 2.24) is 5.32 Å². The van der Waals surface area contributed by atoms with Gasteiger partial charge >= 0.3 is 6.03 Å². The van der Waals surface area contributed by atoms with Gasteiger partial charge in [0.2, 0.25) is 0 Å². The summed E-state index contributed by atoms with van der Waals surface area (Å²) >= 11 is 0. The molecule has 0 radical (unpaired) electrons. The lowest BCUT2D eigenvalue weighted by atomic mass is 9.96. The molecule has 1 saturated carbocycles. The Morgan fingerprint density at radius 3 is 2.67 bits per heavy atom. The first-order valence-electron chi connectivity index (χ1n) is 7.00. The summed E-state index contributed by atoms with van der Waals surface area (Å²) < 4.78 is 5.11. The van der Waals surface area contributed by atoms with Crippen molar-refractivity contribution in [3.05, 3.63) is 28.3 Å². The monoisotopic (exact) mass is 293 g/mol. The number of rotatable bonds is 4. The Labute approximate surface area is 122 Å². The number of methoxy groups -OCH3 is 1. The average Bonchev–Trinajstić information content (AvgIpc) is 2.48. The minimum atomic E-state index is -0.510. The van der Waals surface area contributed by atoms with Gasteiger partial charge in [0, 0.05) is 18.2 Å². The fraction of sp³-hybridized carbons (Fsp3) is 0.500. The molecule has 1 aliphatic carbocycles. The number of benzene rings is 1. The molecule has 0 aromatic heterocycles. The highest BCUT2D eigenvalue weighted by molar-refractivity contribution is 5.91. The van der Waals surface area contributed by atoms with Crippen LogP contribution in [0.4, 0.5) is 16.2 Å². The van der Waals surface area contributed by atoms with Crippen molar-refractivity contribution in [3.63, 3.8) is 0 Å². The summed E-state index contributed by atoms with van der Waals surface area (Å²) in [5, 5.41) is 16.3. The van der Waals surface area contributed by atoms with E-state index in [1.54, 1.807) is 0 Å².